The Kier molecular flexibility index (Phi) is 3.44. The molecule has 16 heavy (non-hydrogen) atoms. The number of carbonyl (C=O) groups is 2. The van der Waals surface area contributed by atoms with E-state index in [2.05, 4.69) is 0 Å². The van der Waals surface area contributed by atoms with Gasteiger partial charge in [0.15, 0.2) is 5.60 Å². The van der Waals surface area contributed by atoms with Crippen LogP contribution in [0.25, 0.3) is 0 Å². The Hall–Kier alpha value is -1.68. The van der Waals surface area contributed by atoms with Crippen LogP contribution in [0.1, 0.15) is 25.3 Å². The van der Waals surface area contributed by atoms with E-state index >= 15 is 0 Å². The summed E-state index contributed by atoms with van der Waals surface area (Å²) in [5, 5.41) is 18.8. The van der Waals surface area contributed by atoms with Crippen molar-refractivity contribution in [3.05, 3.63) is 35.9 Å². The molecule has 4 nitrogen and oxygen atoms in total. The number of aliphatic hydroxyl groups is 1. The SMILES string of the molecule is CC(=O)C(c1ccccc1)C(C)(O)C(=O)O. The van der Waals surface area contributed by atoms with Crippen LogP contribution in [0.5, 0.6) is 0 Å². The lowest BCUT2D eigenvalue weighted by atomic mass is 9.81. The third kappa shape index (κ3) is 2.28. The van der Waals surface area contributed by atoms with Gasteiger partial charge in [-0.3, -0.25) is 4.79 Å². The maximum atomic E-state index is 11.5. The van der Waals surface area contributed by atoms with Crippen LogP contribution in [0.15, 0.2) is 30.3 Å². The smallest absolute Gasteiger partial charge is 0.336 e. The molecule has 0 spiro atoms. The summed E-state index contributed by atoms with van der Waals surface area (Å²) >= 11 is 0. The van der Waals surface area contributed by atoms with Crippen LogP contribution in [0.3, 0.4) is 0 Å². The summed E-state index contributed by atoms with van der Waals surface area (Å²) in [6.45, 7) is 2.41. The quantitative estimate of drug-likeness (QED) is 0.802. The molecule has 86 valence electrons. The molecule has 4 heteroatoms. The number of benzene rings is 1. The van der Waals surface area contributed by atoms with Gasteiger partial charge in [-0.25, -0.2) is 4.79 Å². The molecular weight excluding hydrogens is 208 g/mol. The molecule has 2 unspecified atom stereocenters. The fourth-order valence-corrected chi connectivity index (χ4v) is 1.72. The highest BCUT2D eigenvalue weighted by atomic mass is 16.4. The molecule has 2 atom stereocenters. The third-order valence-corrected chi connectivity index (χ3v) is 2.53. The van der Waals surface area contributed by atoms with E-state index in [1.807, 2.05) is 0 Å². The molecule has 0 amide bonds. The summed E-state index contributed by atoms with van der Waals surface area (Å²) in [4.78, 5) is 22.4. The average Bonchev–Trinajstić information content (AvgIpc) is 2.18. The molecule has 0 aliphatic rings. The van der Waals surface area contributed by atoms with Gasteiger partial charge < -0.3 is 10.2 Å². The summed E-state index contributed by atoms with van der Waals surface area (Å²) in [6, 6.07) is 8.41. The Balaban J connectivity index is 3.21. The summed E-state index contributed by atoms with van der Waals surface area (Å²) in [6.07, 6.45) is 0. The fourth-order valence-electron chi connectivity index (χ4n) is 1.72. The average molecular weight is 222 g/mol. The highest BCUT2D eigenvalue weighted by Gasteiger charge is 2.43. The van der Waals surface area contributed by atoms with Gasteiger partial charge in [-0.15, -0.1) is 0 Å². The minimum Gasteiger partial charge on any atom is -0.479 e. The summed E-state index contributed by atoms with van der Waals surface area (Å²) in [5.41, 5.74) is -1.59. The number of ketones is 1. The van der Waals surface area contributed by atoms with Gasteiger partial charge in [-0.05, 0) is 19.4 Å². The molecule has 1 aromatic carbocycles. The topological polar surface area (TPSA) is 74.6 Å². The third-order valence-electron chi connectivity index (χ3n) is 2.53. The van der Waals surface area contributed by atoms with Crippen LogP contribution in [0, 0.1) is 0 Å². The minimum atomic E-state index is -2.09. The van der Waals surface area contributed by atoms with Crippen LogP contribution < -0.4 is 0 Å². The van der Waals surface area contributed by atoms with Crippen molar-refractivity contribution < 1.29 is 19.8 Å². The van der Waals surface area contributed by atoms with Crippen LogP contribution in [-0.2, 0) is 9.59 Å². The predicted octanol–water partition coefficient (Wildman–Crippen LogP) is 1.19. The second-order valence-corrected chi connectivity index (χ2v) is 3.91. The van der Waals surface area contributed by atoms with Crippen molar-refractivity contribution in [1.82, 2.24) is 0 Å². The molecule has 0 fully saturated rings. The number of hydrogen-bond acceptors (Lipinski definition) is 3. The first-order valence-corrected chi connectivity index (χ1v) is 4.88. The van der Waals surface area contributed by atoms with Gasteiger partial charge in [0.05, 0.1) is 5.92 Å². The molecule has 0 bridgehead atoms. The van der Waals surface area contributed by atoms with E-state index in [0.29, 0.717) is 5.56 Å². The minimum absolute atomic E-state index is 0.376. The van der Waals surface area contributed by atoms with E-state index in [0.717, 1.165) is 6.92 Å². The first-order valence-electron chi connectivity index (χ1n) is 4.88. The lowest BCUT2D eigenvalue weighted by Crippen LogP contribution is -2.44. The zero-order valence-electron chi connectivity index (χ0n) is 9.18. The molecule has 2 N–H and O–H groups in total. The van der Waals surface area contributed by atoms with Gasteiger partial charge in [-0.2, -0.15) is 0 Å². The van der Waals surface area contributed by atoms with Crippen LogP contribution in [0.4, 0.5) is 0 Å². The molecular formula is C12H14O4. The standard InChI is InChI=1S/C12H14O4/c1-8(13)10(12(2,16)11(14)15)9-6-4-3-5-7-9/h3-7,10,16H,1-2H3,(H,14,15). The number of carboxylic acids is 1. The van der Waals surface area contributed by atoms with E-state index in [4.69, 9.17) is 5.11 Å². The molecule has 0 heterocycles. The first-order chi connectivity index (χ1) is 7.37. The van der Waals surface area contributed by atoms with Crippen molar-refractivity contribution >= 4 is 11.8 Å². The van der Waals surface area contributed by atoms with E-state index in [9.17, 15) is 14.7 Å². The van der Waals surface area contributed by atoms with Crippen molar-refractivity contribution in [2.75, 3.05) is 0 Å². The van der Waals surface area contributed by atoms with Crippen molar-refractivity contribution in [2.24, 2.45) is 0 Å². The lowest BCUT2D eigenvalue weighted by Gasteiger charge is -2.27. The molecule has 0 aliphatic heterocycles. The summed E-state index contributed by atoms with van der Waals surface area (Å²) < 4.78 is 0. The normalized spacial score (nSPS) is 16.2. The predicted molar refractivity (Wildman–Crippen MR) is 58.1 cm³/mol. The molecule has 0 saturated heterocycles. The molecule has 0 radical (unpaired) electrons. The van der Waals surface area contributed by atoms with Gasteiger partial charge in [0.2, 0.25) is 0 Å². The number of hydrogen-bond donors (Lipinski definition) is 2. The summed E-state index contributed by atoms with van der Waals surface area (Å²) in [7, 11) is 0. The number of carbonyl (C=O) groups excluding carboxylic acids is 1. The van der Waals surface area contributed by atoms with Crippen molar-refractivity contribution in [3.8, 4) is 0 Å². The van der Waals surface area contributed by atoms with Gasteiger partial charge in [0, 0.05) is 0 Å². The lowest BCUT2D eigenvalue weighted by molar-refractivity contribution is -0.161. The van der Waals surface area contributed by atoms with Gasteiger partial charge >= 0.3 is 5.97 Å². The van der Waals surface area contributed by atoms with Gasteiger partial charge in [-0.1, -0.05) is 30.3 Å². The zero-order valence-corrected chi connectivity index (χ0v) is 9.18. The number of Topliss-reactive ketones (excluding diaryl/α,β-unsaturated/α-hetero) is 1. The first kappa shape index (κ1) is 12.4. The maximum absolute atomic E-state index is 11.5. The van der Waals surface area contributed by atoms with E-state index in [1.165, 1.54) is 6.92 Å². The fraction of sp³-hybridized carbons (Fsp3) is 0.333. The van der Waals surface area contributed by atoms with Crippen LogP contribution >= 0.6 is 0 Å². The maximum Gasteiger partial charge on any atom is 0.336 e. The number of carboxylic acid groups (broad SMARTS) is 1. The largest absolute Gasteiger partial charge is 0.479 e. The van der Waals surface area contributed by atoms with Gasteiger partial charge in [0.1, 0.15) is 5.78 Å². The number of aliphatic carboxylic acids is 1. The Labute approximate surface area is 93.5 Å². The Morgan fingerprint density at radius 1 is 1.25 bits per heavy atom. The molecule has 1 rings (SSSR count). The van der Waals surface area contributed by atoms with Crippen LogP contribution in [-0.4, -0.2) is 27.6 Å². The zero-order chi connectivity index (χ0) is 12.3. The van der Waals surface area contributed by atoms with E-state index < -0.39 is 17.5 Å². The Morgan fingerprint density at radius 3 is 2.12 bits per heavy atom. The summed E-state index contributed by atoms with van der Waals surface area (Å²) in [5.74, 6) is -2.83. The van der Waals surface area contributed by atoms with Crippen molar-refractivity contribution in [3.63, 3.8) is 0 Å². The second kappa shape index (κ2) is 4.45. The highest BCUT2D eigenvalue weighted by molar-refractivity contribution is 5.92. The second-order valence-electron chi connectivity index (χ2n) is 3.91. The van der Waals surface area contributed by atoms with E-state index in [1.54, 1.807) is 30.3 Å². The molecule has 1 aromatic rings. The highest BCUT2D eigenvalue weighted by Crippen LogP contribution is 2.29. The molecule has 0 aliphatic carbocycles. The number of rotatable bonds is 4. The van der Waals surface area contributed by atoms with Crippen LogP contribution in [0.2, 0.25) is 0 Å². The molecule has 0 saturated carbocycles. The monoisotopic (exact) mass is 222 g/mol. The van der Waals surface area contributed by atoms with E-state index in [-0.39, 0.29) is 5.78 Å². The van der Waals surface area contributed by atoms with Crippen molar-refractivity contribution in [1.29, 1.82) is 0 Å². The Morgan fingerprint density at radius 2 is 1.75 bits per heavy atom. The van der Waals surface area contributed by atoms with Crippen molar-refractivity contribution in [2.45, 2.75) is 25.4 Å². The van der Waals surface area contributed by atoms with Gasteiger partial charge in [0.25, 0.3) is 0 Å². The Bertz CT molecular complexity index is 395. The molecule has 0 aromatic heterocycles.